The van der Waals surface area contributed by atoms with E-state index in [2.05, 4.69) is 114 Å². The summed E-state index contributed by atoms with van der Waals surface area (Å²) in [5.74, 6) is 2.16. The Morgan fingerprint density at radius 2 is 0.805 bits per heavy atom. The summed E-state index contributed by atoms with van der Waals surface area (Å²) in [6.07, 6.45) is 0.909. The molecular weight excluding hydrogens is 504 g/mol. The Balaban J connectivity index is 1.13. The van der Waals surface area contributed by atoms with Gasteiger partial charge in [0.15, 0.2) is 13.5 Å². The van der Waals surface area contributed by atoms with Gasteiger partial charge in [0.05, 0.1) is 13.1 Å². The van der Waals surface area contributed by atoms with Crippen molar-refractivity contribution in [1.82, 2.24) is 0 Å². The maximum absolute atomic E-state index is 6.28. The van der Waals surface area contributed by atoms with Crippen molar-refractivity contribution in [3.8, 4) is 11.5 Å². The molecule has 2 aliphatic rings. The van der Waals surface area contributed by atoms with Gasteiger partial charge in [0.1, 0.15) is 11.5 Å². The summed E-state index contributed by atoms with van der Waals surface area (Å²) in [4.78, 5) is 4.65. The van der Waals surface area contributed by atoms with Crippen LogP contribution in [-0.4, -0.2) is 13.5 Å². The fourth-order valence-electron chi connectivity index (χ4n) is 6.46. The number of rotatable bonds is 4. The van der Waals surface area contributed by atoms with Gasteiger partial charge < -0.3 is 19.3 Å². The molecule has 4 aromatic carbocycles. The van der Waals surface area contributed by atoms with Crippen LogP contribution in [0.1, 0.15) is 66.8 Å². The highest BCUT2D eigenvalue weighted by molar-refractivity contribution is 5.60. The van der Waals surface area contributed by atoms with Crippen LogP contribution >= 0.6 is 0 Å². The minimum Gasteiger partial charge on any atom is -0.472 e. The first-order valence-corrected chi connectivity index (χ1v) is 14.8. The zero-order valence-electron chi connectivity index (χ0n) is 25.9. The van der Waals surface area contributed by atoms with E-state index in [1.54, 1.807) is 0 Å². The molecule has 0 radical (unpaired) electrons. The second-order valence-electron chi connectivity index (χ2n) is 12.1. The number of hydrogen-bond acceptors (Lipinski definition) is 4. The lowest BCUT2D eigenvalue weighted by molar-refractivity contribution is 0.286. The van der Waals surface area contributed by atoms with Gasteiger partial charge in [0.2, 0.25) is 0 Å². The molecule has 0 unspecified atom stereocenters. The number of fused-ring (bicyclic) bond motifs is 2. The SMILES string of the molecule is Cc1c(C)c(C)c2c(c1C)CN(c1ccc(Cc3ccc(N4COc5c(C)c(C)c(C)c(C)c5C4)cc3)cc1)CO2. The summed E-state index contributed by atoms with van der Waals surface area (Å²) in [5, 5.41) is 0. The minimum absolute atomic E-state index is 0.583. The van der Waals surface area contributed by atoms with Crippen molar-refractivity contribution in [1.29, 1.82) is 0 Å². The molecule has 0 atom stereocenters. The number of benzene rings is 4. The second kappa shape index (κ2) is 10.5. The summed E-state index contributed by atoms with van der Waals surface area (Å²) in [6, 6.07) is 17.9. The van der Waals surface area contributed by atoms with Gasteiger partial charge in [0, 0.05) is 22.5 Å². The maximum atomic E-state index is 6.28. The largest absolute Gasteiger partial charge is 0.472 e. The highest BCUT2D eigenvalue weighted by Gasteiger charge is 2.25. The van der Waals surface area contributed by atoms with E-state index in [9.17, 15) is 0 Å². The molecule has 0 saturated heterocycles. The van der Waals surface area contributed by atoms with Crippen molar-refractivity contribution in [2.24, 2.45) is 0 Å². The molecule has 41 heavy (non-hydrogen) atoms. The number of ether oxygens (including phenoxy) is 2. The van der Waals surface area contributed by atoms with Gasteiger partial charge in [-0.05, 0) is 142 Å². The predicted octanol–water partition coefficient (Wildman–Crippen LogP) is 8.46. The van der Waals surface area contributed by atoms with Crippen LogP contribution in [0.4, 0.5) is 11.4 Å². The van der Waals surface area contributed by atoms with E-state index in [4.69, 9.17) is 9.47 Å². The monoisotopic (exact) mass is 546 g/mol. The van der Waals surface area contributed by atoms with Gasteiger partial charge in [-0.25, -0.2) is 0 Å². The third-order valence-electron chi connectivity index (χ3n) is 9.95. The number of nitrogens with zero attached hydrogens (tertiary/aromatic N) is 2. The van der Waals surface area contributed by atoms with Crippen LogP contribution in [0.25, 0.3) is 0 Å². The Bertz CT molecular complexity index is 1510. The van der Waals surface area contributed by atoms with E-state index in [1.807, 2.05) is 0 Å². The highest BCUT2D eigenvalue weighted by atomic mass is 16.5. The average Bonchev–Trinajstić information content (AvgIpc) is 3.01. The third-order valence-corrected chi connectivity index (χ3v) is 9.95. The van der Waals surface area contributed by atoms with Gasteiger partial charge in [-0.3, -0.25) is 0 Å². The smallest absolute Gasteiger partial charge is 0.161 e. The fraction of sp³-hybridized carbons (Fsp3) is 0.351. The Kier molecular flexibility index (Phi) is 6.97. The van der Waals surface area contributed by atoms with Crippen molar-refractivity contribution in [2.45, 2.75) is 74.9 Å². The number of anilines is 2. The van der Waals surface area contributed by atoms with Gasteiger partial charge in [-0.2, -0.15) is 0 Å². The standard InChI is InChI=1S/C37H42N2O2/c1-22-24(3)28(7)36-34(26(22)5)18-38(20-40-36)32-13-9-30(10-14-32)17-31-11-15-33(16-12-31)39-19-35-27(6)23(2)25(4)29(8)37(35)41-21-39/h9-16H,17-21H2,1-8H3. The summed E-state index contributed by atoms with van der Waals surface area (Å²) in [6.45, 7) is 20.6. The first-order chi connectivity index (χ1) is 19.6. The zero-order chi connectivity index (χ0) is 29.0. The van der Waals surface area contributed by atoms with E-state index in [0.717, 1.165) is 31.0 Å². The lowest BCUT2D eigenvalue weighted by atomic mass is 9.92. The molecule has 2 heterocycles. The van der Waals surface area contributed by atoms with Crippen LogP contribution in [0.3, 0.4) is 0 Å². The van der Waals surface area contributed by atoms with E-state index in [0.29, 0.717) is 13.5 Å². The van der Waals surface area contributed by atoms with Crippen molar-refractivity contribution in [3.05, 3.63) is 115 Å². The van der Waals surface area contributed by atoms with Crippen LogP contribution < -0.4 is 19.3 Å². The van der Waals surface area contributed by atoms with Crippen LogP contribution in [0.5, 0.6) is 11.5 Å². The quantitative estimate of drug-likeness (QED) is 0.256. The lowest BCUT2D eigenvalue weighted by Crippen LogP contribution is -2.33. The lowest BCUT2D eigenvalue weighted by Gasteiger charge is -2.34. The highest BCUT2D eigenvalue weighted by Crippen LogP contribution is 2.39. The summed E-state index contributed by atoms with van der Waals surface area (Å²) < 4.78 is 12.6. The molecule has 0 spiro atoms. The number of hydrogen-bond donors (Lipinski definition) is 0. The molecule has 4 heteroatoms. The summed E-state index contributed by atoms with van der Waals surface area (Å²) in [5.41, 5.74) is 18.4. The molecule has 2 aliphatic heterocycles. The van der Waals surface area contributed by atoms with Crippen LogP contribution in [0.2, 0.25) is 0 Å². The van der Waals surface area contributed by atoms with Gasteiger partial charge in [-0.1, -0.05) is 24.3 Å². The molecule has 4 aromatic rings. The zero-order valence-corrected chi connectivity index (χ0v) is 25.9. The Morgan fingerprint density at radius 1 is 0.463 bits per heavy atom. The topological polar surface area (TPSA) is 24.9 Å². The molecule has 0 saturated carbocycles. The molecule has 212 valence electrons. The predicted molar refractivity (Wildman–Crippen MR) is 170 cm³/mol. The first-order valence-electron chi connectivity index (χ1n) is 14.8. The van der Waals surface area contributed by atoms with Crippen molar-refractivity contribution < 1.29 is 9.47 Å². The normalized spacial score (nSPS) is 14.3. The van der Waals surface area contributed by atoms with Gasteiger partial charge in [-0.15, -0.1) is 0 Å². The van der Waals surface area contributed by atoms with Crippen molar-refractivity contribution in [3.63, 3.8) is 0 Å². The van der Waals surface area contributed by atoms with E-state index >= 15 is 0 Å². The van der Waals surface area contributed by atoms with E-state index in [-0.39, 0.29) is 0 Å². The van der Waals surface area contributed by atoms with Crippen molar-refractivity contribution in [2.75, 3.05) is 23.3 Å². The van der Waals surface area contributed by atoms with Crippen LogP contribution in [-0.2, 0) is 19.5 Å². The Morgan fingerprint density at radius 3 is 1.17 bits per heavy atom. The third kappa shape index (κ3) is 4.73. The van der Waals surface area contributed by atoms with Crippen LogP contribution in [0.15, 0.2) is 48.5 Å². The molecule has 0 aromatic heterocycles. The minimum atomic E-state index is 0.583. The molecule has 0 aliphatic carbocycles. The van der Waals surface area contributed by atoms with E-state index in [1.165, 1.54) is 78.1 Å². The van der Waals surface area contributed by atoms with Gasteiger partial charge in [0.25, 0.3) is 0 Å². The average molecular weight is 547 g/mol. The molecular formula is C37H42N2O2. The first kappa shape index (κ1) is 27.3. The van der Waals surface area contributed by atoms with Crippen LogP contribution in [0, 0.1) is 55.4 Å². The van der Waals surface area contributed by atoms with Crippen molar-refractivity contribution >= 4 is 11.4 Å². The van der Waals surface area contributed by atoms with E-state index < -0.39 is 0 Å². The Hall–Kier alpha value is -3.92. The molecule has 0 bridgehead atoms. The molecule has 0 N–H and O–H groups in total. The Labute approximate surface area is 245 Å². The van der Waals surface area contributed by atoms with Gasteiger partial charge >= 0.3 is 0 Å². The summed E-state index contributed by atoms with van der Waals surface area (Å²) >= 11 is 0. The molecule has 6 rings (SSSR count). The second-order valence-corrected chi connectivity index (χ2v) is 12.1. The maximum Gasteiger partial charge on any atom is 0.161 e. The summed E-state index contributed by atoms with van der Waals surface area (Å²) in [7, 11) is 0. The molecule has 0 amide bonds. The molecule has 0 fully saturated rings. The fourth-order valence-corrected chi connectivity index (χ4v) is 6.46. The molecule has 4 nitrogen and oxygen atoms in total.